The normalized spacial score (nSPS) is 21.4. The van der Waals surface area contributed by atoms with Gasteiger partial charge in [0.15, 0.2) is 0 Å². The van der Waals surface area contributed by atoms with Gasteiger partial charge in [-0.15, -0.1) is 10.2 Å². The molecule has 1 saturated heterocycles. The van der Waals surface area contributed by atoms with E-state index in [1.807, 2.05) is 6.92 Å². The van der Waals surface area contributed by atoms with Crippen LogP contribution in [0, 0.1) is 12.8 Å². The van der Waals surface area contributed by atoms with Crippen LogP contribution in [0.1, 0.15) is 17.8 Å². The maximum Gasteiger partial charge on any atom is 0.294 e. The van der Waals surface area contributed by atoms with Gasteiger partial charge in [0, 0.05) is 0 Å². The summed E-state index contributed by atoms with van der Waals surface area (Å²) in [6.45, 7) is 4.99. The molecule has 1 aliphatic heterocycles. The molecule has 1 fully saturated rings. The SMILES string of the molecule is Cc1nnc(OCCC2CCNC2)s1. The Hall–Kier alpha value is -0.680. The van der Waals surface area contributed by atoms with Gasteiger partial charge in [0.05, 0.1) is 6.61 Å². The van der Waals surface area contributed by atoms with Crippen LogP contribution in [0.2, 0.25) is 0 Å². The summed E-state index contributed by atoms with van der Waals surface area (Å²) < 4.78 is 5.51. The van der Waals surface area contributed by atoms with Crippen LogP contribution >= 0.6 is 11.3 Å². The lowest BCUT2D eigenvalue weighted by Crippen LogP contribution is -2.11. The highest BCUT2D eigenvalue weighted by Crippen LogP contribution is 2.18. The van der Waals surface area contributed by atoms with Crippen LogP contribution in [0.3, 0.4) is 0 Å². The lowest BCUT2D eigenvalue weighted by Gasteiger charge is -2.06. The molecule has 1 atom stereocenters. The van der Waals surface area contributed by atoms with E-state index in [2.05, 4.69) is 15.5 Å². The fraction of sp³-hybridized carbons (Fsp3) is 0.778. The highest BCUT2D eigenvalue weighted by molar-refractivity contribution is 7.12. The van der Waals surface area contributed by atoms with Gasteiger partial charge in [0.2, 0.25) is 0 Å². The molecule has 1 aromatic heterocycles. The molecule has 1 aliphatic rings. The average molecular weight is 213 g/mol. The molecule has 1 aromatic rings. The molecule has 0 saturated carbocycles. The molecule has 78 valence electrons. The van der Waals surface area contributed by atoms with E-state index in [1.54, 1.807) is 0 Å². The van der Waals surface area contributed by atoms with Gasteiger partial charge in [0.1, 0.15) is 5.01 Å². The number of hydrogen-bond acceptors (Lipinski definition) is 5. The quantitative estimate of drug-likeness (QED) is 0.817. The molecule has 4 nitrogen and oxygen atoms in total. The monoisotopic (exact) mass is 213 g/mol. The van der Waals surface area contributed by atoms with Gasteiger partial charge in [-0.1, -0.05) is 11.3 Å². The molecule has 0 aliphatic carbocycles. The Labute approximate surface area is 87.7 Å². The van der Waals surface area contributed by atoms with Crippen molar-refractivity contribution in [3.63, 3.8) is 0 Å². The minimum atomic E-state index is 0.702. The smallest absolute Gasteiger partial charge is 0.294 e. The van der Waals surface area contributed by atoms with Gasteiger partial charge in [-0.05, 0) is 38.8 Å². The van der Waals surface area contributed by atoms with Crippen LogP contribution < -0.4 is 10.1 Å². The third kappa shape index (κ3) is 2.65. The fourth-order valence-corrected chi connectivity index (χ4v) is 2.17. The van der Waals surface area contributed by atoms with Crippen molar-refractivity contribution in [2.24, 2.45) is 5.92 Å². The lowest BCUT2D eigenvalue weighted by atomic mass is 10.1. The van der Waals surface area contributed by atoms with Gasteiger partial charge in [0.25, 0.3) is 5.19 Å². The Bertz CT molecular complexity index is 283. The lowest BCUT2D eigenvalue weighted by molar-refractivity contribution is 0.280. The highest BCUT2D eigenvalue weighted by Gasteiger charge is 2.14. The summed E-state index contributed by atoms with van der Waals surface area (Å²) >= 11 is 1.51. The zero-order valence-corrected chi connectivity index (χ0v) is 9.14. The zero-order valence-electron chi connectivity index (χ0n) is 8.32. The fourth-order valence-electron chi connectivity index (χ4n) is 1.61. The van der Waals surface area contributed by atoms with E-state index in [-0.39, 0.29) is 0 Å². The number of hydrogen-bond donors (Lipinski definition) is 1. The zero-order chi connectivity index (χ0) is 9.80. The average Bonchev–Trinajstić information content (AvgIpc) is 2.77. The first-order valence-corrected chi connectivity index (χ1v) is 5.80. The first-order chi connectivity index (χ1) is 6.84. The third-order valence-corrected chi connectivity index (χ3v) is 3.17. The van der Waals surface area contributed by atoms with Crippen molar-refractivity contribution < 1.29 is 4.74 Å². The molecular weight excluding hydrogens is 198 g/mol. The van der Waals surface area contributed by atoms with Gasteiger partial charge < -0.3 is 10.1 Å². The van der Waals surface area contributed by atoms with Crippen molar-refractivity contribution in [1.82, 2.24) is 15.5 Å². The first-order valence-electron chi connectivity index (χ1n) is 4.98. The van der Waals surface area contributed by atoms with Crippen molar-refractivity contribution in [3.05, 3.63) is 5.01 Å². The van der Waals surface area contributed by atoms with Gasteiger partial charge in [-0.25, -0.2) is 0 Å². The van der Waals surface area contributed by atoms with E-state index < -0.39 is 0 Å². The molecule has 0 spiro atoms. The Balaban J connectivity index is 1.67. The summed E-state index contributed by atoms with van der Waals surface area (Å²) in [6, 6.07) is 0. The van der Waals surface area contributed by atoms with E-state index in [9.17, 15) is 0 Å². The first kappa shape index (κ1) is 9.86. The van der Waals surface area contributed by atoms with Gasteiger partial charge in [-0.2, -0.15) is 0 Å². The Morgan fingerprint density at radius 3 is 3.14 bits per heavy atom. The summed E-state index contributed by atoms with van der Waals surface area (Å²) in [5.41, 5.74) is 0. The maximum atomic E-state index is 5.51. The third-order valence-electron chi connectivity index (χ3n) is 2.42. The van der Waals surface area contributed by atoms with Crippen LogP contribution in [-0.4, -0.2) is 29.9 Å². The molecule has 0 radical (unpaired) electrons. The van der Waals surface area contributed by atoms with E-state index >= 15 is 0 Å². The van der Waals surface area contributed by atoms with E-state index in [0.717, 1.165) is 37.0 Å². The van der Waals surface area contributed by atoms with Crippen LogP contribution in [0.4, 0.5) is 0 Å². The molecule has 1 unspecified atom stereocenters. The summed E-state index contributed by atoms with van der Waals surface area (Å²) in [7, 11) is 0. The number of aryl methyl sites for hydroxylation is 1. The van der Waals surface area contributed by atoms with Crippen molar-refractivity contribution in [2.75, 3.05) is 19.7 Å². The van der Waals surface area contributed by atoms with Crippen LogP contribution in [0.5, 0.6) is 5.19 Å². The summed E-state index contributed by atoms with van der Waals surface area (Å²) in [6.07, 6.45) is 2.39. The van der Waals surface area contributed by atoms with Crippen molar-refractivity contribution in [2.45, 2.75) is 19.8 Å². The summed E-state index contributed by atoms with van der Waals surface area (Å²) in [5, 5.41) is 12.8. The number of rotatable bonds is 4. The summed E-state index contributed by atoms with van der Waals surface area (Å²) in [5.74, 6) is 0.781. The Morgan fingerprint density at radius 2 is 2.50 bits per heavy atom. The minimum Gasteiger partial charge on any atom is -0.469 e. The van der Waals surface area contributed by atoms with Crippen LogP contribution in [0.25, 0.3) is 0 Å². The largest absolute Gasteiger partial charge is 0.469 e. The van der Waals surface area contributed by atoms with E-state index in [0.29, 0.717) is 5.19 Å². The number of ether oxygens (including phenoxy) is 1. The number of nitrogens with one attached hydrogen (secondary N) is 1. The standard InChI is InChI=1S/C9H15N3OS/c1-7-11-12-9(14-7)13-5-3-8-2-4-10-6-8/h8,10H,2-6H2,1H3. The highest BCUT2D eigenvalue weighted by atomic mass is 32.1. The Kier molecular flexibility index (Phi) is 3.31. The summed E-state index contributed by atoms with van der Waals surface area (Å²) in [4.78, 5) is 0. The number of nitrogens with zero attached hydrogens (tertiary/aromatic N) is 2. The second kappa shape index (κ2) is 4.70. The van der Waals surface area contributed by atoms with Crippen LogP contribution in [-0.2, 0) is 0 Å². The molecule has 0 aromatic carbocycles. The maximum absolute atomic E-state index is 5.51. The van der Waals surface area contributed by atoms with E-state index in [1.165, 1.54) is 17.8 Å². The molecule has 14 heavy (non-hydrogen) atoms. The number of aromatic nitrogens is 2. The Morgan fingerprint density at radius 1 is 1.57 bits per heavy atom. The van der Waals surface area contributed by atoms with Crippen molar-refractivity contribution in [3.8, 4) is 5.19 Å². The van der Waals surface area contributed by atoms with Gasteiger partial charge >= 0.3 is 0 Å². The molecule has 0 bridgehead atoms. The molecule has 0 amide bonds. The van der Waals surface area contributed by atoms with Gasteiger partial charge in [-0.3, -0.25) is 0 Å². The second-order valence-electron chi connectivity index (χ2n) is 3.58. The molecule has 5 heteroatoms. The molecule has 2 rings (SSSR count). The minimum absolute atomic E-state index is 0.702. The second-order valence-corrected chi connectivity index (χ2v) is 4.73. The van der Waals surface area contributed by atoms with Crippen molar-refractivity contribution in [1.29, 1.82) is 0 Å². The molecule has 1 N–H and O–H groups in total. The van der Waals surface area contributed by atoms with E-state index in [4.69, 9.17) is 4.74 Å². The topological polar surface area (TPSA) is 47.0 Å². The predicted octanol–water partition coefficient (Wildman–Crippen LogP) is 1.22. The molecule has 2 heterocycles. The van der Waals surface area contributed by atoms with Crippen LogP contribution in [0.15, 0.2) is 0 Å². The molecular formula is C9H15N3OS. The predicted molar refractivity (Wildman–Crippen MR) is 55.7 cm³/mol. The van der Waals surface area contributed by atoms with Crippen molar-refractivity contribution >= 4 is 11.3 Å².